The number of nitrogens with one attached hydrogen (secondary N) is 2. The molecule has 1 unspecified atom stereocenters. The second-order valence-electron chi connectivity index (χ2n) is 11.4. The third-order valence-electron chi connectivity index (χ3n) is 8.28. The van der Waals surface area contributed by atoms with Crippen molar-refractivity contribution in [3.63, 3.8) is 0 Å². The molecule has 1 aromatic heterocycles. The number of carbonyl (C=O) groups is 2. The monoisotopic (exact) mass is 563 g/mol. The van der Waals surface area contributed by atoms with Crippen LogP contribution in [0.5, 0.6) is 5.75 Å². The number of benzene rings is 2. The Morgan fingerprint density at radius 2 is 1.73 bits per heavy atom. The van der Waals surface area contributed by atoms with Crippen molar-refractivity contribution in [1.29, 1.82) is 5.26 Å². The van der Waals surface area contributed by atoms with E-state index in [-0.39, 0.29) is 31.4 Å². The third kappa shape index (κ3) is 5.10. The van der Waals surface area contributed by atoms with Crippen LogP contribution in [0.15, 0.2) is 46.9 Å². The van der Waals surface area contributed by atoms with Gasteiger partial charge >= 0.3 is 0 Å². The van der Waals surface area contributed by atoms with Gasteiger partial charge in [0.2, 0.25) is 5.91 Å². The maximum atomic E-state index is 14.7. The van der Waals surface area contributed by atoms with Crippen LogP contribution in [0.3, 0.4) is 0 Å². The number of hydrogen-bond acceptors (Lipinski definition) is 6. The molecule has 1 atom stereocenters. The summed E-state index contributed by atoms with van der Waals surface area (Å²) in [6.45, 7) is 1.91. The Morgan fingerprint density at radius 3 is 2.45 bits per heavy atom. The predicted molar refractivity (Wildman–Crippen MR) is 148 cm³/mol. The highest BCUT2D eigenvalue weighted by molar-refractivity contribution is 7.84. The molecule has 2 heterocycles. The Labute approximate surface area is 233 Å². The molecule has 3 aromatic rings. The molecule has 6 rings (SSSR count). The Balaban J connectivity index is 1.25. The molecule has 0 bridgehead atoms. The first kappa shape index (κ1) is 26.5. The summed E-state index contributed by atoms with van der Waals surface area (Å²) in [7, 11) is -0.942. The summed E-state index contributed by atoms with van der Waals surface area (Å²) in [4.78, 5) is 26.8. The van der Waals surface area contributed by atoms with Crippen LogP contribution in [-0.2, 0) is 21.3 Å². The molecule has 2 aliphatic carbocycles. The SMILES string of the molecule is CC1(F)CCC(NC(=O)c2cc3ccc(-c4ccc5c(c4)OCCS(=O)C5)cc3o2)(C(=O)NC2(C#N)CC2)CC1. The Hall–Kier alpha value is -3.71. The van der Waals surface area contributed by atoms with Crippen LogP contribution in [0, 0.1) is 11.3 Å². The smallest absolute Gasteiger partial charge is 0.287 e. The number of furan rings is 1. The van der Waals surface area contributed by atoms with Crippen LogP contribution in [0.2, 0.25) is 0 Å². The van der Waals surface area contributed by atoms with Crippen molar-refractivity contribution >= 4 is 33.6 Å². The van der Waals surface area contributed by atoms with Crippen molar-refractivity contribution in [3.8, 4) is 22.9 Å². The van der Waals surface area contributed by atoms with Crippen molar-refractivity contribution in [1.82, 2.24) is 10.6 Å². The fraction of sp³-hybridized carbons (Fsp3) is 0.433. The molecule has 8 nitrogen and oxygen atoms in total. The van der Waals surface area contributed by atoms with E-state index < -0.39 is 39.4 Å². The highest BCUT2D eigenvalue weighted by Gasteiger charge is 2.52. The number of hydrogen-bond donors (Lipinski definition) is 2. The summed E-state index contributed by atoms with van der Waals surface area (Å²) in [5.74, 6) is 0.705. The second kappa shape index (κ2) is 9.73. The van der Waals surface area contributed by atoms with Gasteiger partial charge in [-0.2, -0.15) is 5.26 Å². The summed E-state index contributed by atoms with van der Waals surface area (Å²) < 4.78 is 38.4. The van der Waals surface area contributed by atoms with Crippen molar-refractivity contribution in [3.05, 3.63) is 53.8 Å². The normalized spacial score (nSPS) is 27.0. The van der Waals surface area contributed by atoms with Crippen molar-refractivity contribution in [2.45, 2.75) is 67.9 Å². The lowest BCUT2D eigenvalue weighted by Crippen LogP contribution is -2.63. The zero-order valence-corrected chi connectivity index (χ0v) is 23.0. The standard InChI is InChI=1S/C30H30FN3O5S/c1-28(31)6-10-30(11-7-28,27(36)34-29(18-32)8-9-29)33-26(35)25-16-21-4-2-20(15-24(21)39-25)19-3-5-22-17-40(37)13-12-38-23(22)14-19/h2-5,14-16H,6-13,17H2,1H3,(H,33,35)(H,34,36). The largest absolute Gasteiger partial charge is 0.492 e. The van der Waals surface area contributed by atoms with Crippen LogP contribution in [0.1, 0.15) is 61.6 Å². The molecule has 2 aromatic carbocycles. The van der Waals surface area contributed by atoms with Crippen molar-refractivity contribution in [2.24, 2.45) is 0 Å². The van der Waals surface area contributed by atoms with E-state index in [1.807, 2.05) is 36.4 Å². The Kier molecular flexibility index (Phi) is 6.45. The highest BCUT2D eigenvalue weighted by Crippen LogP contribution is 2.40. The number of halogens is 1. The molecular formula is C30H30FN3O5S. The first-order valence-electron chi connectivity index (χ1n) is 13.5. The maximum absolute atomic E-state index is 14.7. The number of alkyl halides is 1. The van der Waals surface area contributed by atoms with Gasteiger partial charge in [-0.15, -0.1) is 0 Å². The lowest BCUT2D eigenvalue weighted by molar-refractivity contribution is -0.130. The number of amides is 2. The van der Waals surface area contributed by atoms with Gasteiger partial charge in [-0.3, -0.25) is 13.8 Å². The van der Waals surface area contributed by atoms with Gasteiger partial charge in [-0.25, -0.2) is 4.39 Å². The molecular weight excluding hydrogens is 533 g/mol. The van der Waals surface area contributed by atoms with Crippen LogP contribution in [0.4, 0.5) is 4.39 Å². The predicted octanol–water partition coefficient (Wildman–Crippen LogP) is 4.68. The lowest BCUT2D eigenvalue weighted by atomic mass is 9.74. The van der Waals surface area contributed by atoms with E-state index in [0.717, 1.165) is 22.1 Å². The number of nitriles is 1. The van der Waals surface area contributed by atoms with Crippen molar-refractivity contribution < 1.29 is 27.3 Å². The molecule has 3 aliphatic rings. The molecule has 2 N–H and O–H groups in total. The van der Waals surface area contributed by atoms with Crippen LogP contribution in [0.25, 0.3) is 22.1 Å². The fourth-order valence-electron chi connectivity index (χ4n) is 5.41. The van der Waals surface area contributed by atoms with E-state index in [9.17, 15) is 23.5 Å². The third-order valence-corrected chi connectivity index (χ3v) is 9.53. The minimum absolute atomic E-state index is 0.0436. The van der Waals surface area contributed by atoms with Gasteiger partial charge in [0.1, 0.15) is 28.1 Å². The summed E-state index contributed by atoms with van der Waals surface area (Å²) in [5, 5.41) is 15.8. The highest BCUT2D eigenvalue weighted by atomic mass is 32.2. The molecule has 40 heavy (non-hydrogen) atoms. The number of rotatable bonds is 5. The molecule has 0 radical (unpaired) electrons. The number of ether oxygens (including phenoxy) is 1. The zero-order chi connectivity index (χ0) is 28.1. The van der Waals surface area contributed by atoms with E-state index >= 15 is 0 Å². The number of carbonyl (C=O) groups excluding carboxylic acids is 2. The van der Waals surface area contributed by atoms with Gasteiger partial charge in [0, 0.05) is 21.7 Å². The van der Waals surface area contributed by atoms with E-state index in [0.29, 0.717) is 42.3 Å². The minimum Gasteiger partial charge on any atom is -0.492 e. The lowest BCUT2D eigenvalue weighted by Gasteiger charge is -2.41. The van der Waals surface area contributed by atoms with Gasteiger partial charge in [-0.1, -0.05) is 24.3 Å². The van der Waals surface area contributed by atoms with Gasteiger partial charge in [0.05, 0.1) is 24.2 Å². The van der Waals surface area contributed by atoms with E-state index in [4.69, 9.17) is 9.15 Å². The summed E-state index contributed by atoms with van der Waals surface area (Å²) in [6, 6.07) is 15.2. The summed E-state index contributed by atoms with van der Waals surface area (Å²) >= 11 is 0. The molecule has 0 spiro atoms. The quantitative estimate of drug-likeness (QED) is 0.465. The Bertz CT molecular complexity index is 1580. The fourth-order valence-corrected chi connectivity index (χ4v) is 6.41. The van der Waals surface area contributed by atoms with Gasteiger partial charge in [-0.05, 0) is 74.8 Å². The van der Waals surface area contributed by atoms with Crippen molar-refractivity contribution in [2.75, 3.05) is 12.4 Å². The molecule has 2 fully saturated rings. The average Bonchev–Trinajstić information content (AvgIpc) is 3.62. The van der Waals surface area contributed by atoms with Crippen LogP contribution >= 0.6 is 0 Å². The summed E-state index contributed by atoms with van der Waals surface area (Å²) in [5.41, 5.74) is -0.483. The van der Waals surface area contributed by atoms with Crippen LogP contribution < -0.4 is 15.4 Å². The first-order valence-corrected chi connectivity index (χ1v) is 15.0. The molecule has 10 heteroatoms. The molecule has 2 amide bonds. The van der Waals surface area contributed by atoms with E-state index in [1.54, 1.807) is 6.07 Å². The van der Waals surface area contributed by atoms with Gasteiger partial charge in [0.25, 0.3) is 5.91 Å². The first-order chi connectivity index (χ1) is 19.1. The van der Waals surface area contributed by atoms with Crippen LogP contribution in [-0.4, -0.2) is 45.1 Å². The average molecular weight is 564 g/mol. The maximum Gasteiger partial charge on any atom is 0.287 e. The topological polar surface area (TPSA) is 121 Å². The molecule has 0 saturated heterocycles. The molecule has 208 valence electrons. The Morgan fingerprint density at radius 1 is 1.00 bits per heavy atom. The van der Waals surface area contributed by atoms with E-state index in [2.05, 4.69) is 16.7 Å². The minimum atomic E-state index is -1.42. The second-order valence-corrected chi connectivity index (χ2v) is 13.0. The van der Waals surface area contributed by atoms with Gasteiger partial charge < -0.3 is 19.8 Å². The number of fused-ring (bicyclic) bond motifs is 2. The van der Waals surface area contributed by atoms with E-state index in [1.165, 1.54) is 6.92 Å². The molecule has 1 aliphatic heterocycles. The van der Waals surface area contributed by atoms with Gasteiger partial charge in [0.15, 0.2) is 5.76 Å². The summed E-state index contributed by atoms with van der Waals surface area (Å²) in [6.07, 6.45) is 1.59. The molecule has 2 saturated carbocycles. The number of nitrogens with zero attached hydrogens (tertiary/aromatic N) is 1. The zero-order valence-electron chi connectivity index (χ0n) is 22.2.